The van der Waals surface area contributed by atoms with Crippen molar-refractivity contribution in [3.05, 3.63) is 89.0 Å². The molecule has 1 fully saturated rings. The van der Waals surface area contributed by atoms with Crippen LogP contribution in [-0.4, -0.2) is 96.2 Å². The van der Waals surface area contributed by atoms with Crippen molar-refractivity contribution in [3.63, 3.8) is 0 Å². The van der Waals surface area contributed by atoms with Gasteiger partial charge in [-0.05, 0) is 60.8 Å². The lowest BCUT2D eigenvalue weighted by atomic mass is 9.84. The molecule has 21 heteroatoms. The Bertz CT molecular complexity index is 2370. The predicted molar refractivity (Wildman–Crippen MR) is 252 cm³/mol. The maximum Gasteiger partial charge on any atom is 0.290 e. The highest BCUT2D eigenvalue weighted by Gasteiger charge is 2.36. The Labute approximate surface area is 401 Å². The lowest BCUT2D eigenvalue weighted by molar-refractivity contribution is -0.141. The molecule has 368 valence electrons. The number of benzene rings is 2. The van der Waals surface area contributed by atoms with Gasteiger partial charge >= 0.3 is 0 Å². The minimum atomic E-state index is -4.68. The van der Waals surface area contributed by atoms with Gasteiger partial charge in [0.15, 0.2) is 0 Å². The Kier molecular flexibility index (Phi) is 21.0. The SMILES string of the molecule is CCC(NC(=O)[C@H](CC1CCCCC1)NC(=O)[C@@H](NC(=O)[C@H](CC(C)C)NC(=O)c1cnccn1)[C@@H](C)CC)C(=O)C(=O)NCC(=O)NS(=O)(=O)c1cc(C(=O)NCc2ccccc2)ccc1Cl. The molecule has 0 bridgehead atoms. The molecule has 7 N–H and O–H groups in total. The highest BCUT2D eigenvalue weighted by molar-refractivity contribution is 7.90. The number of sulfonamides is 1. The zero-order valence-corrected chi connectivity index (χ0v) is 40.5. The van der Waals surface area contributed by atoms with E-state index in [1.807, 2.05) is 26.8 Å². The Morgan fingerprint density at radius 1 is 0.750 bits per heavy atom. The standard InChI is InChI=1S/C47H62ClN9O10S/c1-6-29(5)40(56-44(62)35(22-28(3)4)54-45(63)37-26-49-20-21-50-37)46(64)55-36(23-30-14-10-8-11-15-30)43(61)53-34(7-2)41(59)47(65)52-27-39(58)57-68(66,67)38-24-32(18-19-33(38)48)42(60)51-25-31-16-12-9-13-17-31/h9,12-13,16-21,24,26,28-30,34-36,40H,6-8,10-11,14-15,22-23,25,27H2,1-5H3,(H,51,60)(H,52,65)(H,53,61)(H,54,63)(H,55,64)(H,56,62)(H,57,58)/t29-,34?,35-,36-,40-/m0/s1. The zero-order valence-electron chi connectivity index (χ0n) is 38.9. The predicted octanol–water partition coefficient (Wildman–Crippen LogP) is 3.28. The summed E-state index contributed by atoms with van der Waals surface area (Å²) in [4.78, 5) is 114. The number of Topliss-reactive ketones (excluding diaryl/α,β-unsaturated/α-hetero) is 1. The summed E-state index contributed by atoms with van der Waals surface area (Å²) in [5.74, 6) is -7.33. The number of rotatable bonds is 24. The number of amides is 7. The van der Waals surface area contributed by atoms with Crippen LogP contribution in [0.4, 0.5) is 0 Å². The van der Waals surface area contributed by atoms with E-state index >= 15 is 0 Å². The van der Waals surface area contributed by atoms with E-state index in [1.165, 1.54) is 37.6 Å². The summed E-state index contributed by atoms with van der Waals surface area (Å²) < 4.78 is 28.2. The number of ketones is 1. The summed E-state index contributed by atoms with van der Waals surface area (Å²) in [6.07, 6.45) is 9.32. The van der Waals surface area contributed by atoms with Gasteiger partial charge in [0, 0.05) is 24.5 Å². The summed E-state index contributed by atoms with van der Waals surface area (Å²) in [7, 11) is -4.68. The molecule has 68 heavy (non-hydrogen) atoms. The molecule has 5 atom stereocenters. The number of carbonyl (C=O) groups excluding carboxylic acids is 8. The first-order valence-corrected chi connectivity index (χ1v) is 24.7. The van der Waals surface area contributed by atoms with Gasteiger partial charge in [0.2, 0.25) is 23.5 Å². The van der Waals surface area contributed by atoms with Crippen molar-refractivity contribution in [2.75, 3.05) is 6.54 Å². The van der Waals surface area contributed by atoms with E-state index in [4.69, 9.17) is 11.6 Å². The van der Waals surface area contributed by atoms with Gasteiger partial charge in [0.05, 0.1) is 23.8 Å². The molecule has 4 rings (SSSR count). The highest BCUT2D eigenvalue weighted by Crippen LogP contribution is 2.28. The lowest BCUT2D eigenvalue weighted by Crippen LogP contribution is -2.60. The van der Waals surface area contributed by atoms with Crippen LogP contribution in [0.25, 0.3) is 0 Å². The van der Waals surface area contributed by atoms with E-state index in [9.17, 15) is 46.8 Å². The number of hydrogen-bond acceptors (Lipinski definition) is 12. The molecule has 1 aliphatic carbocycles. The Morgan fingerprint density at radius 3 is 2.06 bits per heavy atom. The summed E-state index contributed by atoms with van der Waals surface area (Å²) in [5.41, 5.74) is 0.755. The number of halogens is 1. The van der Waals surface area contributed by atoms with Gasteiger partial charge in [-0.2, -0.15) is 0 Å². The second-order valence-electron chi connectivity index (χ2n) is 17.3. The molecule has 1 aliphatic rings. The van der Waals surface area contributed by atoms with Crippen LogP contribution in [0.15, 0.2) is 72.0 Å². The largest absolute Gasteiger partial charge is 0.348 e. The number of hydrogen-bond donors (Lipinski definition) is 7. The van der Waals surface area contributed by atoms with Gasteiger partial charge < -0.3 is 31.9 Å². The first-order valence-electron chi connectivity index (χ1n) is 22.8. The Hall–Kier alpha value is -6.28. The van der Waals surface area contributed by atoms with Crippen molar-refractivity contribution in [3.8, 4) is 0 Å². The Morgan fingerprint density at radius 2 is 1.43 bits per heavy atom. The van der Waals surface area contributed by atoms with Crippen molar-refractivity contribution in [1.29, 1.82) is 0 Å². The van der Waals surface area contributed by atoms with Crippen LogP contribution in [-0.2, 0) is 45.3 Å². The van der Waals surface area contributed by atoms with E-state index < -0.39 is 98.7 Å². The third-order valence-electron chi connectivity index (χ3n) is 11.5. The monoisotopic (exact) mass is 979 g/mol. The number of nitrogens with one attached hydrogen (secondary N) is 7. The molecule has 0 aliphatic heterocycles. The fourth-order valence-electron chi connectivity index (χ4n) is 7.56. The van der Waals surface area contributed by atoms with E-state index in [1.54, 1.807) is 35.9 Å². The highest BCUT2D eigenvalue weighted by atomic mass is 35.5. The molecule has 1 aromatic heterocycles. The molecule has 19 nitrogen and oxygen atoms in total. The van der Waals surface area contributed by atoms with Gasteiger partial charge in [-0.1, -0.05) is 115 Å². The van der Waals surface area contributed by atoms with E-state index in [-0.39, 0.29) is 53.9 Å². The average Bonchev–Trinajstić information content (AvgIpc) is 3.32. The Balaban J connectivity index is 1.41. The number of carbonyl (C=O) groups is 8. The topological polar surface area (TPSA) is 281 Å². The molecule has 1 unspecified atom stereocenters. The van der Waals surface area contributed by atoms with Gasteiger partial charge in [-0.25, -0.2) is 18.1 Å². The van der Waals surface area contributed by atoms with Gasteiger partial charge in [0.1, 0.15) is 28.7 Å². The van der Waals surface area contributed by atoms with Crippen molar-refractivity contribution >= 4 is 68.8 Å². The third-order valence-corrected chi connectivity index (χ3v) is 13.4. The van der Waals surface area contributed by atoms with Crippen LogP contribution in [0.3, 0.4) is 0 Å². The quantitative estimate of drug-likeness (QED) is 0.0638. The molecular weight excluding hydrogens is 918 g/mol. The summed E-state index contributed by atoms with van der Waals surface area (Å²) in [5, 5.41) is 15.3. The van der Waals surface area contributed by atoms with Crippen LogP contribution in [0.1, 0.15) is 119 Å². The minimum absolute atomic E-state index is 0.00634. The van der Waals surface area contributed by atoms with Crippen LogP contribution in [0.2, 0.25) is 5.02 Å². The fourth-order valence-corrected chi connectivity index (χ4v) is 9.07. The first kappa shape index (κ1) is 54.3. The smallest absolute Gasteiger partial charge is 0.290 e. The first-order chi connectivity index (χ1) is 32.3. The molecule has 7 amide bonds. The van der Waals surface area contributed by atoms with E-state index in [0.29, 0.717) is 6.42 Å². The molecule has 2 aromatic carbocycles. The average molecular weight is 981 g/mol. The van der Waals surface area contributed by atoms with E-state index in [0.717, 1.165) is 43.7 Å². The van der Waals surface area contributed by atoms with Gasteiger partial charge in [0.25, 0.3) is 33.7 Å². The summed E-state index contributed by atoms with van der Waals surface area (Å²) in [6.45, 7) is 8.08. The van der Waals surface area contributed by atoms with E-state index in [2.05, 4.69) is 41.9 Å². The number of aromatic nitrogens is 2. The maximum atomic E-state index is 14.2. The van der Waals surface area contributed by atoms with Gasteiger partial charge in [-0.3, -0.25) is 43.3 Å². The molecule has 1 saturated carbocycles. The van der Waals surface area contributed by atoms with Crippen molar-refractivity contribution in [1.82, 2.24) is 46.6 Å². The molecule has 0 radical (unpaired) electrons. The molecule has 0 spiro atoms. The molecule has 1 heterocycles. The fraction of sp³-hybridized carbons (Fsp3) is 0.489. The van der Waals surface area contributed by atoms with Crippen LogP contribution in [0, 0.1) is 17.8 Å². The molecule has 0 saturated heterocycles. The van der Waals surface area contributed by atoms with Crippen LogP contribution in [0.5, 0.6) is 0 Å². The molecule has 3 aromatic rings. The maximum absolute atomic E-state index is 14.2. The van der Waals surface area contributed by atoms with Crippen molar-refractivity contribution < 1.29 is 46.8 Å². The summed E-state index contributed by atoms with van der Waals surface area (Å²) >= 11 is 6.16. The van der Waals surface area contributed by atoms with Crippen LogP contribution >= 0.6 is 11.6 Å². The minimum Gasteiger partial charge on any atom is -0.348 e. The zero-order chi connectivity index (χ0) is 50.0. The van der Waals surface area contributed by atoms with Crippen molar-refractivity contribution in [2.24, 2.45) is 17.8 Å². The second-order valence-corrected chi connectivity index (χ2v) is 19.3. The van der Waals surface area contributed by atoms with Gasteiger partial charge in [-0.15, -0.1) is 0 Å². The molecular formula is C47H62ClN9O10S. The second kappa shape index (κ2) is 26.3. The van der Waals surface area contributed by atoms with Crippen molar-refractivity contribution in [2.45, 2.75) is 128 Å². The normalized spacial score (nSPS) is 15.0. The van der Waals surface area contributed by atoms with Crippen LogP contribution < -0.4 is 36.6 Å². The number of nitrogens with zero attached hydrogens (tertiary/aromatic N) is 2. The third kappa shape index (κ3) is 16.5. The lowest BCUT2D eigenvalue weighted by Gasteiger charge is -2.31. The summed E-state index contributed by atoms with van der Waals surface area (Å²) in [6, 6.07) is 7.72.